The molecule has 0 aromatic carbocycles. The summed E-state index contributed by atoms with van der Waals surface area (Å²) in [4.78, 5) is 13.7. The highest BCUT2D eigenvalue weighted by Crippen LogP contribution is 2.05. The third kappa shape index (κ3) is 3.80. The number of rotatable bonds is 4. The third-order valence-electron chi connectivity index (χ3n) is 2.88. The Balaban J connectivity index is 2.37. The van der Waals surface area contributed by atoms with Gasteiger partial charge < -0.3 is 15.0 Å². The Kier molecular flexibility index (Phi) is 5.05. The minimum absolute atomic E-state index is 0.146. The molecule has 15 heavy (non-hydrogen) atoms. The van der Waals surface area contributed by atoms with Gasteiger partial charge in [0.2, 0.25) is 5.91 Å². The lowest BCUT2D eigenvalue weighted by Gasteiger charge is -2.28. The smallest absolute Gasteiger partial charge is 0.241 e. The predicted molar refractivity (Wildman–Crippen MR) is 59.7 cm³/mol. The van der Waals surface area contributed by atoms with E-state index < -0.39 is 0 Å². The van der Waals surface area contributed by atoms with Crippen LogP contribution in [0.3, 0.4) is 0 Å². The molecule has 0 aromatic heterocycles. The van der Waals surface area contributed by atoms with Crippen LogP contribution in [0.4, 0.5) is 0 Å². The van der Waals surface area contributed by atoms with Gasteiger partial charge in [0.1, 0.15) is 6.04 Å². The minimum atomic E-state index is -0.146. The molecule has 1 aliphatic rings. The van der Waals surface area contributed by atoms with Gasteiger partial charge in [0.15, 0.2) is 0 Å². The zero-order valence-corrected chi connectivity index (χ0v) is 9.95. The molecular formula is C11H22N2O2. The number of likely N-dealkylation sites (N-methyl/N-ethyl adjacent to an activating group) is 1. The average Bonchev–Trinajstić information content (AvgIpc) is 2.29. The van der Waals surface area contributed by atoms with Gasteiger partial charge >= 0.3 is 0 Å². The molecule has 4 nitrogen and oxygen atoms in total. The van der Waals surface area contributed by atoms with Gasteiger partial charge in [0.05, 0.1) is 13.2 Å². The van der Waals surface area contributed by atoms with Gasteiger partial charge in [-0.3, -0.25) is 4.79 Å². The van der Waals surface area contributed by atoms with Crippen molar-refractivity contribution in [1.29, 1.82) is 0 Å². The fourth-order valence-electron chi connectivity index (χ4n) is 1.68. The van der Waals surface area contributed by atoms with E-state index in [-0.39, 0.29) is 11.9 Å². The van der Waals surface area contributed by atoms with Gasteiger partial charge in [0.25, 0.3) is 0 Å². The minimum Gasteiger partial charge on any atom is -0.378 e. The van der Waals surface area contributed by atoms with Crippen LogP contribution >= 0.6 is 0 Å². The molecule has 1 aliphatic heterocycles. The van der Waals surface area contributed by atoms with Crippen molar-refractivity contribution < 1.29 is 9.53 Å². The van der Waals surface area contributed by atoms with Gasteiger partial charge in [0, 0.05) is 20.1 Å². The molecule has 1 N–H and O–H groups in total. The standard InChI is InChI=1S/C11H22N2O2/c1-4-9(2)7-13(3)11(14)10-8-15-6-5-12-10/h9-10,12H,4-8H2,1-3H3. The maximum atomic E-state index is 11.9. The number of hydrogen-bond donors (Lipinski definition) is 1. The van der Waals surface area contributed by atoms with E-state index in [0.717, 1.165) is 19.5 Å². The number of nitrogens with one attached hydrogen (secondary N) is 1. The van der Waals surface area contributed by atoms with Crippen molar-refractivity contribution in [2.45, 2.75) is 26.3 Å². The number of carbonyl (C=O) groups excluding carboxylic acids is 1. The van der Waals surface area contributed by atoms with Gasteiger partial charge in [-0.15, -0.1) is 0 Å². The van der Waals surface area contributed by atoms with Gasteiger partial charge in [-0.2, -0.15) is 0 Å². The maximum Gasteiger partial charge on any atom is 0.241 e. The van der Waals surface area contributed by atoms with Crippen LogP contribution < -0.4 is 5.32 Å². The molecule has 0 spiro atoms. The number of amides is 1. The number of nitrogens with zero attached hydrogens (tertiary/aromatic N) is 1. The summed E-state index contributed by atoms with van der Waals surface area (Å²) in [7, 11) is 1.87. The molecule has 88 valence electrons. The van der Waals surface area contributed by atoms with E-state index in [4.69, 9.17) is 4.74 Å². The van der Waals surface area contributed by atoms with E-state index in [1.165, 1.54) is 0 Å². The summed E-state index contributed by atoms with van der Waals surface area (Å²) in [5.41, 5.74) is 0. The summed E-state index contributed by atoms with van der Waals surface area (Å²) in [6.45, 7) is 7.11. The predicted octanol–water partition coefficient (Wildman–Crippen LogP) is 0.479. The zero-order valence-electron chi connectivity index (χ0n) is 9.95. The molecule has 1 heterocycles. The largest absolute Gasteiger partial charge is 0.378 e. The van der Waals surface area contributed by atoms with Gasteiger partial charge in [-0.25, -0.2) is 0 Å². The molecule has 4 heteroatoms. The first-order valence-corrected chi connectivity index (χ1v) is 5.71. The molecule has 0 aromatic rings. The summed E-state index contributed by atoms with van der Waals surface area (Å²) >= 11 is 0. The van der Waals surface area contributed by atoms with Crippen LogP contribution in [-0.4, -0.2) is 50.2 Å². The molecular weight excluding hydrogens is 192 g/mol. The van der Waals surface area contributed by atoms with Crippen molar-refractivity contribution in [3.8, 4) is 0 Å². The number of ether oxygens (including phenoxy) is 1. The lowest BCUT2D eigenvalue weighted by Crippen LogP contribution is -2.52. The van der Waals surface area contributed by atoms with Crippen molar-refractivity contribution in [3.63, 3.8) is 0 Å². The Labute approximate surface area is 92.0 Å². The monoisotopic (exact) mass is 214 g/mol. The van der Waals surface area contributed by atoms with Crippen LogP contribution in [0.25, 0.3) is 0 Å². The highest BCUT2D eigenvalue weighted by Gasteiger charge is 2.24. The van der Waals surface area contributed by atoms with E-state index in [2.05, 4.69) is 19.2 Å². The molecule has 2 atom stereocenters. The first-order chi connectivity index (χ1) is 7.15. The summed E-state index contributed by atoms with van der Waals surface area (Å²) < 4.78 is 5.27. The normalized spacial score (nSPS) is 23.5. The Morgan fingerprint density at radius 1 is 1.67 bits per heavy atom. The van der Waals surface area contributed by atoms with Crippen LogP contribution in [-0.2, 0) is 9.53 Å². The molecule has 1 saturated heterocycles. The van der Waals surface area contributed by atoms with Gasteiger partial charge in [-0.1, -0.05) is 20.3 Å². The van der Waals surface area contributed by atoms with E-state index in [1.807, 2.05) is 7.05 Å². The first kappa shape index (κ1) is 12.5. The van der Waals surface area contributed by atoms with Crippen LogP contribution in [0.15, 0.2) is 0 Å². The van der Waals surface area contributed by atoms with Crippen LogP contribution in [0.2, 0.25) is 0 Å². The molecule has 2 unspecified atom stereocenters. The van der Waals surface area contributed by atoms with Crippen molar-refractivity contribution in [3.05, 3.63) is 0 Å². The highest BCUT2D eigenvalue weighted by molar-refractivity contribution is 5.81. The third-order valence-corrected chi connectivity index (χ3v) is 2.88. The van der Waals surface area contributed by atoms with Crippen LogP contribution in [0.5, 0.6) is 0 Å². The zero-order chi connectivity index (χ0) is 11.3. The van der Waals surface area contributed by atoms with E-state index >= 15 is 0 Å². The van der Waals surface area contributed by atoms with Gasteiger partial charge in [-0.05, 0) is 5.92 Å². The summed E-state index contributed by atoms with van der Waals surface area (Å²) in [6, 6.07) is -0.146. The summed E-state index contributed by atoms with van der Waals surface area (Å²) in [5, 5.41) is 3.17. The summed E-state index contributed by atoms with van der Waals surface area (Å²) in [5.74, 6) is 0.707. The molecule has 0 radical (unpaired) electrons. The second kappa shape index (κ2) is 6.08. The van der Waals surface area contributed by atoms with Crippen molar-refractivity contribution in [2.75, 3.05) is 33.4 Å². The molecule has 0 bridgehead atoms. The SMILES string of the molecule is CCC(C)CN(C)C(=O)C1COCCN1. The lowest BCUT2D eigenvalue weighted by atomic mass is 10.1. The Morgan fingerprint density at radius 3 is 2.93 bits per heavy atom. The molecule has 0 saturated carbocycles. The Hall–Kier alpha value is -0.610. The van der Waals surface area contributed by atoms with E-state index in [9.17, 15) is 4.79 Å². The quantitative estimate of drug-likeness (QED) is 0.740. The second-order valence-electron chi connectivity index (χ2n) is 4.31. The van der Waals surface area contributed by atoms with Crippen LogP contribution in [0, 0.1) is 5.92 Å². The highest BCUT2D eigenvalue weighted by atomic mass is 16.5. The average molecular weight is 214 g/mol. The number of morpholine rings is 1. The lowest BCUT2D eigenvalue weighted by molar-refractivity contribution is -0.135. The summed E-state index contributed by atoms with van der Waals surface area (Å²) in [6.07, 6.45) is 1.10. The fraction of sp³-hybridized carbons (Fsp3) is 0.909. The molecule has 1 amide bonds. The Bertz CT molecular complexity index is 203. The second-order valence-corrected chi connectivity index (χ2v) is 4.31. The Morgan fingerprint density at radius 2 is 2.40 bits per heavy atom. The number of carbonyl (C=O) groups is 1. The topological polar surface area (TPSA) is 41.6 Å². The van der Waals surface area contributed by atoms with E-state index in [0.29, 0.717) is 19.1 Å². The van der Waals surface area contributed by atoms with Crippen molar-refractivity contribution >= 4 is 5.91 Å². The van der Waals surface area contributed by atoms with Crippen molar-refractivity contribution in [1.82, 2.24) is 10.2 Å². The molecule has 1 fully saturated rings. The van der Waals surface area contributed by atoms with E-state index in [1.54, 1.807) is 4.90 Å². The maximum absolute atomic E-state index is 11.9. The fourth-order valence-corrected chi connectivity index (χ4v) is 1.68. The molecule has 0 aliphatic carbocycles. The van der Waals surface area contributed by atoms with Crippen LogP contribution in [0.1, 0.15) is 20.3 Å². The first-order valence-electron chi connectivity index (χ1n) is 5.71. The van der Waals surface area contributed by atoms with Crippen molar-refractivity contribution in [2.24, 2.45) is 5.92 Å². The number of hydrogen-bond acceptors (Lipinski definition) is 3. The molecule has 1 rings (SSSR count).